The van der Waals surface area contributed by atoms with Crippen molar-refractivity contribution in [1.29, 1.82) is 0 Å². The quantitative estimate of drug-likeness (QED) is 0.797. The highest BCUT2D eigenvalue weighted by molar-refractivity contribution is 7.98. The van der Waals surface area contributed by atoms with Crippen LogP contribution in [-0.2, 0) is 6.42 Å². The molecule has 1 atom stereocenters. The molecule has 1 rings (SSSR count). The van der Waals surface area contributed by atoms with Crippen LogP contribution in [0.4, 0.5) is 5.82 Å². The molecule has 16 heavy (non-hydrogen) atoms. The van der Waals surface area contributed by atoms with Crippen molar-refractivity contribution in [2.45, 2.75) is 20.3 Å². The molecule has 0 spiro atoms. The fraction of sp³-hybridized carbons (Fsp3) is 0.636. The van der Waals surface area contributed by atoms with Gasteiger partial charge in [-0.05, 0) is 17.9 Å². The van der Waals surface area contributed by atoms with Gasteiger partial charge in [-0.2, -0.15) is 11.8 Å². The Labute approximate surface area is 106 Å². The van der Waals surface area contributed by atoms with Gasteiger partial charge in [-0.1, -0.05) is 25.4 Å². The maximum atomic E-state index is 5.91. The molecule has 5 heteroatoms. The van der Waals surface area contributed by atoms with Gasteiger partial charge in [-0.25, -0.2) is 9.97 Å². The van der Waals surface area contributed by atoms with E-state index in [2.05, 4.69) is 28.5 Å². The molecular formula is C11H18ClN3S. The van der Waals surface area contributed by atoms with E-state index >= 15 is 0 Å². The number of aryl methyl sites for hydroxylation is 1. The minimum absolute atomic E-state index is 0.506. The summed E-state index contributed by atoms with van der Waals surface area (Å²) < 4.78 is 0. The van der Waals surface area contributed by atoms with E-state index < -0.39 is 0 Å². The van der Waals surface area contributed by atoms with E-state index in [-0.39, 0.29) is 0 Å². The number of thioether (sulfide) groups is 1. The number of hydrogen-bond donors (Lipinski definition) is 1. The first-order valence-corrected chi connectivity index (χ1v) is 7.19. The van der Waals surface area contributed by atoms with Gasteiger partial charge < -0.3 is 5.32 Å². The highest BCUT2D eigenvalue weighted by Crippen LogP contribution is 2.13. The second-order valence-electron chi connectivity index (χ2n) is 3.79. The fourth-order valence-corrected chi connectivity index (χ4v) is 2.22. The molecule has 0 saturated carbocycles. The van der Waals surface area contributed by atoms with E-state index in [4.69, 9.17) is 11.6 Å². The molecule has 0 aliphatic rings. The van der Waals surface area contributed by atoms with Gasteiger partial charge in [0.1, 0.15) is 16.8 Å². The van der Waals surface area contributed by atoms with Gasteiger partial charge in [-0.15, -0.1) is 0 Å². The predicted octanol–water partition coefficient (Wildman–Crippen LogP) is 3.10. The van der Waals surface area contributed by atoms with Crippen molar-refractivity contribution < 1.29 is 0 Å². The molecule has 0 aromatic carbocycles. The molecule has 0 saturated heterocycles. The van der Waals surface area contributed by atoms with Crippen LogP contribution in [0, 0.1) is 5.92 Å². The van der Waals surface area contributed by atoms with E-state index in [0.29, 0.717) is 11.1 Å². The van der Waals surface area contributed by atoms with Gasteiger partial charge in [-0.3, -0.25) is 0 Å². The third-order valence-electron chi connectivity index (χ3n) is 2.14. The average molecular weight is 260 g/mol. The third kappa shape index (κ3) is 4.58. The SMILES string of the molecule is CCc1nc(Cl)cc(NCC(C)CSC)n1. The van der Waals surface area contributed by atoms with Gasteiger partial charge >= 0.3 is 0 Å². The molecule has 0 radical (unpaired) electrons. The number of nitrogens with zero attached hydrogens (tertiary/aromatic N) is 2. The Bertz CT molecular complexity index is 333. The van der Waals surface area contributed by atoms with Crippen LogP contribution < -0.4 is 5.32 Å². The van der Waals surface area contributed by atoms with Crippen molar-refractivity contribution in [2.75, 3.05) is 23.9 Å². The summed E-state index contributed by atoms with van der Waals surface area (Å²) in [5.41, 5.74) is 0. The molecule has 1 N–H and O–H groups in total. The van der Waals surface area contributed by atoms with Crippen LogP contribution in [0.15, 0.2) is 6.07 Å². The topological polar surface area (TPSA) is 37.8 Å². The Kier molecular flexibility index (Phi) is 5.91. The number of anilines is 1. The van der Waals surface area contributed by atoms with Crippen molar-refractivity contribution in [3.63, 3.8) is 0 Å². The maximum absolute atomic E-state index is 5.91. The normalized spacial score (nSPS) is 12.5. The number of nitrogens with one attached hydrogen (secondary N) is 1. The first-order chi connectivity index (χ1) is 7.65. The second kappa shape index (κ2) is 6.97. The Hall–Kier alpha value is -0.480. The Morgan fingerprint density at radius 2 is 2.25 bits per heavy atom. The molecule has 0 aliphatic heterocycles. The first kappa shape index (κ1) is 13.6. The van der Waals surface area contributed by atoms with Gasteiger partial charge in [0.2, 0.25) is 0 Å². The van der Waals surface area contributed by atoms with Crippen molar-refractivity contribution in [1.82, 2.24) is 9.97 Å². The summed E-state index contributed by atoms with van der Waals surface area (Å²) in [4.78, 5) is 8.50. The lowest BCUT2D eigenvalue weighted by Crippen LogP contribution is -2.14. The zero-order valence-corrected chi connectivity index (χ0v) is 11.5. The summed E-state index contributed by atoms with van der Waals surface area (Å²) in [6.07, 6.45) is 2.92. The Morgan fingerprint density at radius 3 is 2.88 bits per heavy atom. The van der Waals surface area contributed by atoms with Crippen LogP contribution in [0.3, 0.4) is 0 Å². The monoisotopic (exact) mass is 259 g/mol. The van der Waals surface area contributed by atoms with Crippen molar-refractivity contribution in [3.8, 4) is 0 Å². The largest absolute Gasteiger partial charge is 0.370 e. The van der Waals surface area contributed by atoms with Gasteiger partial charge in [0, 0.05) is 19.0 Å². The van der Waals surface area contributed by atoms with Crippen molar-refractivity contribution in [3.05, 3.63) is 17.0 Å². The fourth-order valence-electron chi connectivity index (χ4n) is 1.34. The molecular weight excluding hydrogens is 242 g/mol. The Balaban J connectivity index is 2.56. The van der Waals surface area contributed by atoms with Crippen LogP contribution in [0.1, 0.15) is 19.7 Å². The molecule has 0 aliphatic carbocycles. The lowest BCUT2D eigenvalue weighted by Gasteiger charge is -2.12. The zero-order chi connectivity index (χ0) is 12.0. The lowest BCUT2D eigenvalue weighted by atomic mass is 10.2. The number of aromatic nitrogens is 2. The molecule has 0 fully saturated rings. The maximum Gasteiger partial charge on any atom is 0.134 e. The van der Waals surface area contributed by atoms with E-state index in [0.717, 1.165) is 30.4 Å². The highest BCUT2D eigenvalue weighted by atomic mass is 35.5. The van der Waals surface area contributed by atoms with Crippen LogP contribution >= 0.6 is 23.4 Å². The van der Waals surface area contributed by atoms with Crippen molar-refractivity contribution in [2.24, 2.45) is 5.92 Å². The molecule has 1 aromatic heterocycles. The minimum atomic E-state index is 0.506. The number of halogens is 1. The van der Waals surface area contributed by atoms with Crippen LogP contribution in [0.5, 0.6) is 0 Å². The summed E-state index contributed by atoms with van der Waals surface area (Å²) in [6.45, 7) is 5.15. The highest BCUT2D eigenvalue weighted by Gasteiger charge is 2.04. The summed E-state index contributed by atoms with van der Waals surface area (Å²) in [7, 11) is 0. The smallest absolute Gasteiger partial charge is 0.134 e. The minimum Gasteiger partial charge on any atom is -0.370 e. The van der Waals surface area contributed by atoms with E-state index in [1.165, 1.54) is 0 Å². The average Bonchev–Trinajstić information content (AvgIpc) is 2.26. The lowest BCUT2D eigenvalue weighted by molar-refractivity contribution is 0.698. The summed E-state index contributed by atoms with van der Waals surface area (Å²) in [5, 5.41) is 3.80. The van der Waals surface area contributed by atoms with E-state index in [1.807, 2.05) is 18.7 Å². The Morgan fingerprint density at radius 1 is 1.50 bits per heavy atom. The molecule has 3 nitrogen and oxygen atoms in total. The summed E-state index contributed by atoms with van der Waals surface area (Å²) >= 11 is 7.77. The van der Waals surface area contributed by atoms with Crippen LogP contribution in [0.2, 0.25) is 5.15 Å². The third-order valence-corrected chi connectivity index (χ3v) is 3.24. The second-order valence-corrected chi connectivity index (χ2v) is 5.09. The zero-order valence-electron chi connectivity index (χ0n) is 9.96. The van der Waals surface area contributed by atoms with Gasteiger partial charge in [0.05, 0.1) is 0 Å². The molecule has 1 heterocycles. The molecule has 0 bridgehead atoms. The predicted molar refractivity (Wildman–Crippen MR) is 72.5 cm³/mol. The number of hydrogen-bond acceptors (Lipinski definition) is 4. The van der Waals surface area contributed by atoms with Gasteiger partial charge in [0.25, 0.3) is 0 Å². The summed E-state index contributed by atoms with van der Waals surface area (Å²) in [6, 6.07) is 1.77. The van der Waals surface area contributed by atoms with Crippen LogP contribution in [-0.4, -0.2) is 28.5 Å². The molecule has 90 valence electrons. The molecule has 1 aromatic rings. The summed E-state index contributed by atoms with van der Waals surface area (Å²) in [5.74, 6) is 3.37. The standard InChI is InChI=1S/C11H18ClN3S/c1-4-10-14-9(12)5-11(15-10)13-6-8(2)7-16-3/h5,8H,4,6-7H2,1-3H3,(H,13,14,15). The molecule has 0 amide bonds. The van der Waals surface area contributed by atoms with Crippen LogP contribution in [0.25, 0.3) is 0 Å². The first-order valence-electron chi connectivity index (χ1n) is 5.42. The van der Waals surface area contributed by atoms with E-state index in [1.54, 1.807) is 6.07 Å². The number of rotatable bonds is 6. The molecule has 1 unspecified atom stereocenters. The van der Waals surface area contributed by atoms with E-state index in [9.17, 15) is 0 Å². The van der Waals surface area contributed by atoms with Gasteiger partial charge in [0.15, 0.2) is 0 Å². The van der Waals surface area contributed by atoms with Crippen molar-refractivity contribution >= 4 is 29.2 Å².